The Bertz CT molecular complexity index is 1160. The number of rotatable bonds is 11. The molecule has 6 nitrogen and oxygen atoms in total. The summed E-state index contributed by atoms with van der Waals surface area (Å²) in [5, 5.41) is 8.83. The molecule has 1 amide bonds. The minimum Gasteiger partial charge on any atom is -0.489 e. The molecule has 178 valence electrons. The number of nitrogens with zero attached hydrogens (tertiary/aromatic N) is 1. The predicted molar refractivity (Wildman–Crippen MR) is 132 cm³/mol. The average Bonchev–Trinajstić information content (AvgIpc) is 3.36. The van der Waals surface area contributed by atoms with Crippen LogP contribution in [0.4, 0.5) is 0 Å². The zero-order valence-corrected chi connectivity index (χ0v) is 19.8. The van der Waals surface area contributed by atoms with Crippen molar-refractivity contribution in [1.82, 2.24) is 4.90 Å². The van der Waals surface area contributed by atoms with Gasteiger partial charge in [-0.3, -0.25) is 9.59 Å². The van der Waals surface area contributed by atoms with Gasteiger partial charge >= 0.3 is 5.97 Å². The van der Waals surface area contributed by atoms with Crippen LogP contribution >= 0.6 is 0 Å². The summed E-state index contributed by atoms with van der Waals surface area (Å²) in [4.78, 5) is 25.7. The number of aliphatic carboxylic acids is 1. The molecule has 3 aromatic rings. The van der Waals surface area contributed by atoms with Crippen molar-refractivity contribution in [2.24, 2.45) is 0 Å². The van der Waals surface area contributed by atoms with E-state index in [4.69, 9.17) is 15.6 Å². The monoisotopic (exact) mass is 462 g/mol. The number of furan rings is 1. The van der Waals surface area contributed by atoms with Crippen LogP contribution in [-0.4, -0.2) is 34.5 Å². The number of carbonyl (C=O) groups is 2. The minimum atomic E-state index is -1.17. The molecule has 0 saturated carbocycles. The molecule has 0 aliphatic carbocycles. The van der Waals surface area contributed by atoms with Crippen molar-refractivity contribution in [3.63, 3.8) is 0 Å². The van der Waals surface area contributed by atoms with Crippen LogP contribution in [0, 0.1) is 0 Å². The van der Waals surface area contributed by atoms with E-state index in [9.17, 15) is 9.59 Å². The molecule has 0 aliphatic heterocycles. The Labute approximate surface area is 201 Å². The lowest BCUT2D eigenvalue weighted by Crippen LogP contribution is -2.36. The summed E-state index contributed by atoms with van der Waals surface area (Å²) in [5.74, 6) is 0.252. The van der Waals surface area contributed by atoms with E-state index in [1.54, 1.807) is 32.2 Å². The van der Waals surface area contributed by atoms with Gasteiger partial charge in [-0.2, -0.15) is 0 Å². The lowest BCUT2D eigenvalue weighted by atomic mass is 10.1. The third kappa shape index (κ3) is 6.85. The number of allylic oxidation sites excluding steroid dienone is 1. The van der Waals surface area contributed by atoms with E-state index in [-0.39, 0.29) is 25.5 Å². The highest BCUT2D eigenvalue weighted by Crippen LogP contribution is 2.24. The Hall–Kier alpha value is -3.80. The minimum absolute atomic E-state index is 0.0804. The highest BCUT2D eigenvalue weighted by Gasteiger charge is 2.21. The standard InChI is InChI=1S/C28H31NO5/c1-20(2)29(28(32)23-13-11-22(12-14-23)25-9-6-17-33-25)19-24-7-4-5-8-26(24)34-18-16-21(3)10-15-27(30)31/h4-9,11-14,16-17,20H,10,15,18-19H2,1-3H3,(H,30,31)/b21-16+/i20D. The third-order valence-corrected chi connectivity index (χ3v) is 5.43. The fourth-order valence-electron chi connectivity index (χ4n) is 3.43. The van der Waals surface area contributed by atoms with Gasteiger partial charge in [0.2, 0.25) is 0 Å². The van der Waals surface area contributed by atoms with Gasteiger partial charge in [0.05, 0.1) is 7.63 Å². The molecule has 3 rings (SSSR count). The number of hydrogen-bond donors (Lipinski definition) is 1. The number of benzene rings is 2. The number of hydrogen-bond acceptors (Lipinski definition) is 4. The maximum Gasteiger partial charge on any atom is 0.303 e. The molecule has 0 bridgehead atoms. The third-order valence-electron chi connectivity index (χ3n) is 5.43. The molecule has 0 atom stereocenters. The molecule has 2 aromatic carbocycles. The Morgan fingerprint density at radius 2 is 1.82 bits per heavy atom. The van der Waals surface area contributed by atoms with Gasteiger partial charge in [0.25, 0.3) is 5.91 Å². The van der Waals surface area contributed by atoms with Crippen LogP contribution in [0.3, 0.4) is 0 Å². The summed E-state index contributed by atoms with van der Waals surface area (Å²) < 4.78 is 20.0. The Morgan fingerprint density at radius 1 is 1.09 bits per heavy atom. The van der Waals surface area contributed by atoms with Crippen LogP contribution in [0.1, 0.15) is 50.9 Å². The first-order valence-corrected chi connectivity index (χ1v) is 11.2. The van der Waals surface area contributed by atoms with E-state index in [1.807, 2.05) is 61.5 Å². The van der Waals surface area contributed by atoms with Gasteiger partial charge in [0.1, 0.15) is 18.1 Å². The molecule has 0 radical (unpaired) electrons. The zero-order valence-electron chi connectivity index (χ0n) is 20.8. The summed E-state index contributed by atoms with van der Waals surface area (Å²) in [6.45, 7) is 5.72. The van der Waals surface area contributed by atoms with Crippen molar-refractivity contribution in [2.45, 2.75) is 46.2 Å². The summed E-state index contributed by atoms with van der Waals surface area (Å²) in [6.07, 6.45) is 4.01. The van der Waals surface area contributed by atoms with Crippen LogP contribution in [-0.2, 0) is 11.3 Å². The van der Waals surface area contributed by atoms with Gasteiger partial charge < -0.3 is 19.2 Å². The molecule has 0 spiro atoms. The second kappa shape index (κ2) is 11.9. The second-order valence-corrected chi connectivity index (χ2v) is 8.26. The Balaban J connectivity index is 1.75. The highest BCUT2D eigenvalue weighted by molar-refractivity contribution is 5.94. The van der Waals surface area contributed by atoms with Crippen molar-refractivity contribution >= 4 is 11.9 Å². The molecule has 34 heavy (non-hydrogen) atoms. The molecule has 1 N–H and O–H groups in total. The summed E-state index contributed by atoms with van der Waals surface area (Å²) >= 11 is 0. The van der Waals surface area contributed by atoms with Crippen LogP contribution < -0.4 is 4.74 Å². The van der Waals surface area contributed by atoms with E-state index in [1.165, 1.54) is 4.90 Å². The first-order chi connectivity index (χ1) is 16.6. The largest absolute Gasteiger partial charge is 0.489 e. The Morgan fingerprint density at radius 3 is 2.47 bits per heavy atom. The van der Waals surface area contributed by atoms with Crippen LogP contribution in [0.2, 0.25) is 0 Å². The molecule has 1 heterocycles. The Kier molecular flexibility index (Phi) is 8.17. The fraction of sp³-hybridized carbons (Fsp3) is 0.286. The SMILES string of the molecule is [2H]C(C)(C)N(Cc1ccccc1OC/C=C(\C)CCC(=O)O)C(=O)c1ccc(-c2ccco2)cc1. The lowest BCUT2D eigenvalue weighted by molar-refractivity contribution is -0.136. The van der Waals surface area contributed by atoms with Crippen LogP contribution in [0.25, 0.3) is 11.3 Å². The smallest absolute Gasteiger partial charge is 0.303 e. The van der Waals surface area contributed by atoms with E-state index >= 15 is 0 Å². The van der Waals surface area contributed by atoms with Gasteiger partial charge in [0, 0.05) is 35.7 Å². The number of carboxylic acid groups (broad SMARTS) is 1. The predicted octanol–water partition coefficient (Wildman–Crippen LogP) is 6.19. The topological polar surface area (TPSA) is 80.0 Å². The maximum atomic E-state index is 13.4. The van der Waals surface area contributed by atoms with E-state index in [0.717, 1.165) is 22.5 Å². The van der Waals surface area contributed by atoms with Crippen molar-refractivity contribution < 1.29 is 25.2 Å². The molecule has 0 fully saturated rings. The number of amides is 1. The van der Waals surface area contributed by atoms with Gasteiger partial charge in [-0.25, -0.2) is 0 Å². The van der Waals surface area contributed by atoms with Crippen molar-refractivity contribution in [3.8, 4) is 17.1 Å². The number of para-hydroxylation sites is 1. The molecular weight excluding hydrogens is 430 g/mol. The molecule has 6 heteroatoms. The first-order valence-electron chi connectivity index (χ1n) is 11.7. The van der Waals surface area contributed by atoms with E-state index in [2.05, 4.69) is 0 Å². The normalized spacial score (nSPS) is 12.2. The van der Waals surface area contributed by atoms with Crippen LogP contribution in [0.15, 0.2) is 83.0 Å². The van der Waals surface area contributed by atoms with Crippen molar-refractivity contribution in [2.75, 3.05) is 6.61 Å². The molecule has 0 unspecified atom stereocenters. The molecule has 1 aromatic heterocycles. The fourth-order valence-corrected chi connectivity index (χ4v) is 3.43. The van der Waals surface area contributed by atoms with Gasteiger partial charge in [-0.1, -0.05) is 35.9 Å². The first kappa shape index (κ1) is 23.4. The number of ether oxygens (including phenoxy) is 1. The van der Waals surface area contributed by atoms with Crippen molar-refractivity contribution in [3.05, 3.63) is 89.7 Å². The maximum absolute atomic E-state index is 13.4. The van der Waals surface area contributed by atoms with Gasteiger partial charge in [-0.05, 0) is 63.6 Å². The highest BCUT2D eigenvalue weighted by atomic mass is 16.5. The van der Waals surface area contributed by atoms with Gasteiger partial charge in [0.15, 0.2) is 0 Å². The van der Waals surface area contributed by atoms with Crippen LogP contribution in [0.5, 0.6) is 5.75 Å². The van der Waals surface area contributed by atoms with Crippen molar-refractivity contribution in [1.29, 1.82) is 0 Å². The quantitative estimate of drug-likeness (QED) is 0.344. The van der Waals surface area contributed by atoms with E-state index < -0.39 is 12.0 Å². The van der Waals surface area contributed by atoms with Gasteiger partial charge in [-0.15, -0.1) is 0 Å². The molecule has 0 saturated heterocycles. The summed E-state index contributed by atoms with van der Waals surface area (Å²) in [5.41, 5.74) is 3.07. The molecular formula is C28H31NO5. The lowest BCUT2D eigenvalue weighted by Gasteiger charge is -2.28. The zero-order chi connectivity index (χ0) is 25.4. The summed E-state index contributed by atoms with van der Waals surface area (Å²) in [6, 6.07) is 17.1. The number of carboxylic acids is 1. The summed E-state index contributed by atoms with van der Waals surface area (Å²) in [7, 11) is 0. The molecule has 0 aliphatic rings. The van der Waals surface area contributed by atoms with E-state index in [0.29, 0.717) is 17.7 Å². The second-order valence-electron chi connectivity index (χ2n) is 8.26. The number of carbonyl (C=O) groups excluding carboxylic acids is 1. The average molecular weight is 463 g/mol.